The highest BCUT2D eigenvalue weighted by molar-refractivity contribution is 6.83. The summed E-state index contributed by atoms with van der Waals surface area (Å²) in [6, 6.07) is 10.0. The van der Waals surface area contributed by atoms with Gasteiger partial charge in [0.2, 0.25) is 11.7 Å². The smallest absolute Gasteiger partial charge is 0.335 e. The molecule has 0 radical (unpaired) electrons. The second kappa shape index (κ2) is 11.7. The third-order valence-corrected chi connectivity index (χ3v) is 19.4. The van der Waals surface area contributed by atoms with E-state index in [0.717, 1.165) is 11.2 Å². The van der Waals surface area contributed by atoms with Crippen LogP contribution in [0.25, 0.3) is 16.9 Å². The number of aromatic nitrogens is 5. The Bertz CT molecular complexity index is 1540. The van der Waals surface area contributed by atoms with Gasteiger partial charge in [-0.05, 0) is 27.7 Å². The SMILES string of the molecule is CC(C)[Si]1(C(C)C)OCC2OC(n3cnc4c(OCc5ccccc5)nc5nccn5c43)CC2O[Si](C(C)C)(C(C)C)O1. The number of nitrogens with zero attached hydrogens (tertiary/aromatic N) is 5. The third kappa shape index (κ3) is 5.25. The summed E-state index contributed by atoms with van der Waals surface area (Å²) < 4.78 is 38.6. The Morgan fingerprint density at radius 3 is 2.28 bits per heavy atom. The van der Waals surface area contributed by atoms with Crippen molar-refractivity contribution in [1.82, 2.24) is 23.9 Å². The molecule has 12 heteroatoms. The molecule has 2 aliphatic heterocycles. The van der Waals surface area contributed by atoms with Crippen molar-refractivity contribution in [3.05, 3.63) is 54.6 Å². The van der Waals surface area contributed by atoms with Crippen molar-refractivity contribution in [2.45, 2.75) is 109 Å². The summed E-state index contributed by atoms with van der Waals surface area (Å²) in [5.41, 5.74) is 3.62. The molecular weight excluding hydrogens is 579 g/mol. The van der Waals surface area contributed by atoms with Crippen LogP contribution >= 0.6 is 0 Å². The summed E-state index contributed by atoms with van der Waals surface area (Å²) in [5.74, 6) is 0.994. The lowest BCUT2D eigenvalue weighted by Gasteiger charge is -2.51. The average Bonchev–Trinajstić information content (AvgIpc) is 3.70. The summed E-state index contributed by atoms with van der Waals surface area (Å²) in [6.07, 6.45) is 5.44. The molecule has 0 spiro atoms. The van der Waals surface area contributed by atoms with E-state index in [1.165, 1.54) is 0 Å². The van der Waals surface area contributed by atoms with Gasteiger partial charge >= 0.3 is 17.1 Å². The second-order valence-corrected chi connectivity index (χ2v) is 22.0. The predicted molar refractivity (Wildman–Crippen MR) is 169 cm³/mol. The average molecular weight is 624 g/mol. The molecule has 2 saturated heterocycles. The van der Waals surface area contributed by atoms with Crippen LogP contribution in [0.2, 0.25) is 22.2 Å². The zero-order valence-corrected chi connectivity index (χ0v) is 28.6. The predicted octanol–water partition coefficient (Wildman–Crippen LogP) is 6.90. The Morgan fingerprint density at radius 1 is 0.907 bits per heavy atom. The molecule has 2 fully saturated rings. The van der Waals surface area contributed by atoms with Crippen LogP contribution in [-0.4, -0.2) is 59.9 Å². The molecule has 10 nitrogen and oxygen atoms in total. The lowest BCUT2D eigenvalue weighted by Crippen LogP contribution is -2.65. The molecule has 0 N–H and O–H groups in total. The monoisotopic (exact) mass is 623 g/mol. The third-order valence-electron chi connectivity index (χ3n) is 9.08. The van der Waals surface area contributed by atoms with E-state index < -0.39 is 17.1 Å². The fourth-order valence-electron chi connectivity index (χ4n) is 6.78. The van der Waals surface area contributed by atoms with E-state index in [1.54, 1.807) is 6.20 Å². The van der Waals surface area contributed by atoms with Crippen LogP contribution in [0.15, 0.2) is 49.1 Å². The molecule has 0 saturated carbocycles. The number of benzene rings is 1. The summed E-state index contributed by atoms with van der Waals surface area (Å²) >= 11 is 0. The van der Waals surface area contributed by atoms with Gasteiger partial charge in [0.1, 0.15) is 18.9 Å². The van der Waals surface area contributed by atoms with Crippen LogP contribution in [0.1, 0.15) is 73.6 Å². The molecule has 1 aromatic carbocycles. The Hall–Kier alpha value is -2.62. The molecule has 0 amide bonds. The second-order valence-electron chi connectivity index (χ2n) is 13.1. The van der Waals surface area contributed by atoms with Gasteiger partial charge in [-0.15, -0.1) is 0 Å². The van der Waals surface area contributed by atoms with Gasteiger partial charge < -0.3 is 22.4 Å². The highest BCUT2D eigenvalue weighted by Crippen LogP contribution is 2.48. The van der Waals surface area contributed by atoms with E-state index in [-0.39, 0.29) is 40.6 Å². The van der Waals surface area contributed by atoms with Crippen molar-refractivity contribution in [2.75, 3.05) is 6.61 Å². The first-order valence-electron chi connectivity index (χ1n) is 15.6. The molecule has 4 aromatic rings. The van der Waals surface area contributed by atoms with Crippen molar-refractivity contribution in [2.24, 2.45) is 0 Å². The van der Waals surface area contributed by atoms with Gasteiger partial charge in [-0.2, -0.15) is 4.98 Å². The van der Waals surface area contributed by atoms with E-state index in [9.17, 15) is 0 Å². The quantitative estimate of drug-likeness (QED) is 0.196. The molecule has 6 rings (SSSR count). The molecule has 3 atom stereocenters. The molecule has 3 unspecified atom stereocenters. The molecule has 2 aliphatic rings. The van der Waals surface area contributed by atoms with Crippen molar-refractivity contribution in [3.8, 4) is 5.88 Å². The Kier molecular flexibility index (Phi) is 8.28. The zero-order chi connectivity index (χ0) is 30.5. The lowest BCUT2D eigenvalue weighted by atomic mass is 10.2. The van der Waals surface area contributed by atoms with Crippen molar-refractivity contribution in [1.29, 1.82) is 0 Å². The first kappa shape index (κ1) is 30.4. The Morgan fingerprint density at radius 2 is 1.60 bits per heavy atom. The summed E-state index contributed by atoms with van der Waals surface area (Å²) in [6.45, 7) is 18.8. The standard InChI is InChI=1S/C31H45N5O5Si2/c1-20(2)42(21(3)4)38-18-26-25(40-43(41-42,22(5)6)23(7)8)16-27(39-26)36-19-33-28-29(37-17-24-12-10-9-11-13-24)34-31-32-14-15-35(31)30(28)36/h9-15,19-23,25-27H,16-18H2,1-8H3. The molecule has 232 valence electrons. The minimum absolute atomic E-state index is 0.154. The number of hydrogen-bond acceptors (Lipinski definition) is 8. The van der Waals surface area contributed by atoms with Crippen LogP contribution in [0.3, 0.4) is 0 Å². The van der Waals surface area contributed by atoms with Crippen LogP contribution in [-0.2, 0) is 24.3 Å². The highest BCUT2D eigenvalue weighted by atomic mass is 28.5. The zero-order valence-electron chi connectivity index (χ0n) is 26.6. The fraction of sp³-hybridized carbons (Fsp3) is 0.581. The maximum Gasteiger partial charge on any atom is 0.335 e. The van der Waals surface area contributed by atoms with Crippen LogP contribution in [0.4, 0.5) is 0 Å². The minimum Gasteiger partial charge on any atom is -0.471 e. The van der Waals surface area contributed by atoms with Gasteiger partial charge in [-0.3, -0.25) is 8.97 Å². The van der Waals surface area contributed by atoms with Gasteiger partial charge in [-0.1, -0.05) is 85.7 Å². The minimum atomic E-state index is -2.73. The number of imidazole rings is 2. The number of rotatable bonds is 8. The normalized spacial score (nSPS) is 23.9. The first-order valence-corrected chi connectivity index (χ1v) is 19.5. The van der Waals surface area contributed by atoms with Gasteiger partial charge in [0.05, 0.1) is 19.0 Å². The first-order chi connectivity index (χ1) is 20.6. The molecule has 0 aliphatic carbocycles. The van der Waals surface area contributed by atoms with E-state index >= 15 is 0 Å². The van der Waals surface area contributed by atoms with Gasteiger partial charge in [0.25, 0.3) is 0 Å². The van der Waals surface area contributed by atoms with E-state index in [0.29, 0.717) is 36.8 Å². The lowest BCUT2D eigenvalue weighted by molar-refractivity contribution is -0.0544. The number of fused-ring (bicyclic) bond motifs is 4. The highest BCUT2D eigenvalue weighted by Gasteiger charge is 2.60. The maximum absolute atomic E-state index is 7.36. The maximum atomic E-state index is 7.36. The summed E-state index contributed by atoms with van der Waals surface area (Å²) in [7, 11) is -5.38. The molecule has 5 heterocycles. The van der Waals surface area contributed by atoms with Crippen molar-refractivity contribution >= 4 is 34.1 Å². The van der Waals surface area contributed by atoms with E-state index in [2.05, 4.69) is 69.9 Å². The molecule has 43 heavy (non-hydrogen) atoms. The molecule has 0 bridgehead atoms. The van der Waals surface area contributed by atoms with Crippen LogP contribution in [0.5, 0.6) is 5.88 Å². The molecule has 3 aromatic heterocycles. The van der Waals surface area contributed by atoms with Crippen molar-refractivity contribution in [3.63, 3.8) is 0 Å². The van der Waals surface area contributed by atoms with Crippen LogP contribution in [0, 0.1) is 0 Å². The van der Waals surface area contributed by atoms with Crippen LogP contribution < -0.4 is 4.74 Å². The number of ether oxygens (including phenoxy) is 2. The van der Waals surface area contributed by atoms with Gasteiger partial charge in [-0.25, -0.2) is 9.97 Å². The summed E-state index contributed by atoms with van der Waals surface area (Å²) in [4.78, 5) is 13.9. The van der Waals surface area contributed by atoms with Crippen molar-refractivity contribution < 1.29 is 22.4 Å². The largest absolute Gasteiger partial charge is 0.471 e. The van der Waals surface area contributed by atoms with E-state index in [1.807, 2.05) is 47.3 Å². The fourth-order valence-corrected chi connectivity index (χ4v) is 18.0. The van der Waals surface area contributed by atoms with E-state index in [4.69, 9.17) is 27.4 Å². The molecular formula is C31H45N5O5Si2. The Balaban J connectivity index is 1.36. The topological polar surface area (TPSA) is 94.2 Å². The summed E-state index contributed by atoms with van der Waals surface area (Å²) in [5, 5.41) is 0. The van der Waals surface area contributed by atoms with Gasteiger partial charge in [0.15, 0.2) is 11.2 Å². The number of hydrogen-bond donors (Lipinski definition) is 0. The van der Waals surface area contributed by atoms with Gasteiger partial charge in [0, 0.05) is 18.8 Å². The Labute approximate surface area is 256 Å².